The lowest BCUT2D eigenvalue weighted by molar-refractivity contribution is -0.153. The molecule has 0 bridgehead atoms. The van der Waals surface area contributed by atoms with Crippen molar-refractivity contribution >= 4 is 11.7 Å². The Kier molecular flexibility index (Phi) is 7.64. The van der Waals surface area contributed by atoms with Crippen molar-refractivity contribution in [3.05, 3.63) is 0 Å². The number of nitrogens with one attached hydrogen (secondary N) is 1. The molecule has 0 saturated heterocycles. The van der Waals surface area contributed by atoms with Crippen molar-refractivity contribution in [1.29, 1.82) is 0 Å². The highest BCUT2D eigenvalue weighted by Crippen LogP contribution is 2.08. The number of hydrogen-bond donors (Lipinski definition) is 6. The second-order valence-corrected chi connectivity index (χ2v) is 3.81. The normalized spacial score (nSPS) is 17.7. The van der Waals surface area contributed by atoms with E-state index in [1.807, 2.05) is 0 Å². The zero-order valence-corrected chi connectivity index (χ0v) is 10.1. The van der Waals surface area contributed by atoms with Crippen LogP contribution >= 0.6 is 0 Å². The Balaban J connectivity index is 4.48. The van der Waals surface area contributed by atoms with Crippen LogP contribution in [0.4, 0.5) is 0 Å². The van der Waals surface area contributed by atoms with Gasteiger partial charge in [0.2, 0.25) is 0 Å². The zero-order chi connectivity index (χ0) is 14.3. The molecule has 0 aromatic carbocycles. The maximum absolute atomic E-state index is 11.4. The molecular formula is C10H20N2O6. The fourth-order valence-electron chi connectivity index (χ4n) is 1.22. The van der Waals surface area contributed by atoms with Crippen LogP contribution in [0, 0.1) is 0 Å². The van der Waals surface area contributed by atoms with Gasteiger partial charge in [-0.15, -0.1) is 0 Å². The van der Waals surface area contributed by atoms with Crippen molar-refractivity contribution in [2.24, 2.45) is 5.73 Å². The van der Waals surface area contributed by atoms with Gasteiger partial charge in [-0.1, -0.05) is 6.92 Å². The molecule has 4 atom stereocenters. The summed E-state index contributed by atoms with van der Waals surface area (Å²) in [4.78, 5) is 22.5. The van der Waals surface area contributed by atoms with E-state index in [0.29, 0.717) is 0 Å². The average Bonchev–Trinajstić information content (AvgIpc) is 2.40. The Morgan fingerprint density at radius 1 is 1.17 bits per heavy atom. The van der Waals surface area contributed by atoms with Crippen LogP contribution in [-0.2, 0) is 9.59 Å². The Labute approximate surface area is 104 Å². The van der Waals surface area contributed by atoms with Gasteiger partial charge in [0.05, 0.1) is 6.10 Å². The van der Waals surface area contributed by atoms with Crippen molar-refractivity contribution < 1.29 is 30.0 Å². The maximum Gasteiger partial charge on any atom is 0.290 e. The van der Waals surface area contributed by atoms with E-state index in [0.717, 1.165) is 0 Å². The molecule has 8 nitrogen and oxygen atoms in total. The first-order valence-electron chi connectivity index (χ1n) is 5.61. The van der Waals surface area contributed by atoms with Gasteiger partial charge in [0, 0.05) is 13.1 Å². The van der Waals surface area contributed by atoms with Crippen LogP contribution in [-0.4, -0.2) is 69.6 Å². The third-order valence-corrected chi connectivity index (χ3v) is 2.41. The molecule has 0 fully saturated rings. The molecule has 0 radical (unpaired) electrons. The van der Waals surface area contributed by atoms with E-state index < -0.39 is 36.1 Å². The molecule has 0 rings (SSSR count). The summed E-state index contributed by atoms with van der Waals surface area (Å²) in [5.74, 6) is -2.40. The predicted molar refractivity (Wildman–Crippen MR) is 61.4 cm³/mol. The number of aliphatic hydroxyl groups is 4. The number of amides is 1. The van der Waals surface area contributed by atoms with Gasteiger partial charge >= 0.3 is 0 Å². The lowest BCUT2D eigenvalue weighted by Crippen LogP contribution is -2.51. The van der Waals surface area contributed by atoms with Gasteiger partial charge in [0.25, 0.3) is 11.7 Å². The van der Waals surface area contributed by atoms with Crippen molar-refractivity contribution in [3.8, 4) is 0 Å². The minimum absolute atomic E-state index is 0.0491. The second-order valence-electron chi connectivity index (χ2n) is 3.81. The topological polar surface area (TPSA) is 153 Å². The maximum atomic E-state index is 11.4. The lowest BCUT2D eigenvalue weighted by Gasteiger charge is -2.24. The van der Waals surface area contributed by atoms with E-state index in [1.165, 1.54) is 0 Å². The molecule has 0 saturated carbocycles. The Bertz CT molecular complexity index is 286. The Morgan fingerprint density at radius 2 is 1.72 bits per heavy atom. The van der Waals surface area contributed by atoms with Crippen molar-refractivity contribution in [2.45, 2.75) is 37.8 Å². The van der Waals surface area contributed by atoms with Crippen LogP contribution in [0.25, 0.3) is 0 Å². The first-order valence-corrected chi connectivity index (χ1v) is 5.61. The molecule has 0 heterocycles. The fraction of sp³-hybridized carbons (Fsp3) is 0.800. The summed E-state index contributed by atoms with van der Waals surface area (Å²) in [5.41, 5.74) is 5.11. The van der Waals surface area contributed by atoms with Gasteiger partial charge < -0.3 is 31.5 Å². The molecule has 0 aliphatic heterocycles. The molecule has 0 spiro atoms. The first-order chi connectivity index (χ1) is 8.36. The smallest absolute Gasteiger partial charge is 0.290 e. The summed E-state index contributed by atoms with van der Waals surface area (Å²) < 4.78 is 0. The van der Waals surface area contributed by atoms with Crippen LogP contribution in [0.5, 0.6) is 0 Å². The largest absolute Gasteiger partial charge is 0.390 e. The predicted octanol–water partition coefficient (Wildman–Crippen LogP) is -3.52. The van der Waals surface area contributed by atoms with Gasteiger partial charge in [-0.2, -0.15) is 0 Å². The highest BCUT2D eigenvalue weighted by atomic mass is 16.4. The van der Waals surface area contributed by atoms with Crippen molar-refractivity contribution in [3.63, 3.8) is 0 Å². The molecule has 7 N–H and O–H groups in total. The molecule has 106 valence electrons. The molecule has 0 aliphatic carbocycles. The third kappa shape index (κ3) is 4.67. The van der Waals surface area contributed by atoms with Crippen LogP contribution in [0.15, 0.2) is 0 Å². The quantitative estimate of drug-likeness (QED) is 0.248. The summed E-state index contributed by atoms with van der Waals surface area (Å²) in [6.07, 6.45) is -6.92. The van der Waals surface area contributed by atoms with Crippen molar-refractivity contribution in [2.75, 3.05) is 13.1 Å². The number of nitrogens with two attached hydrogens (primary N) is 1. The molecule has 0 aliphatic rings. The summed E-state index contributed by atoms with van der Waals surface area (Å²) in [7, 11) is 0. The first kappa shape index (κ1) is 16.9. The standard InChI is InChI=1S/C10H20N2O6/c1-2-5(13)6(14)7(15)8(16)9(17)10(18)12-4-3-11/h5-8,13-16H,2-4,11H2,1H3,(H,12,18). The van der Waals surface area contributed by atoms with E-state index in [1.54, 1.807) is 6.92 Å². The molecule has 4 unspecified atom stereocenters. The van der Waals surface area contributed by atoms with Crippen LogP contribution in [0.3, 0.4) is 0 Å². The van der Waals surface area contributed by atoms with Crippen LogP contribution < -0.4 is 11.1 Å². The minimum Gasteiger partial charge on any atom is -0.390 e. The van der Waals surface area contributed by atoms with Gasteiger partial charge in [-0.05, 0) is 6.42 Å². The molecule has 8 heteroatoms. The Morgan fingerprint density at radius 3 is 2.17 bits per heavy atom. The molecule has 18 heavy (non-hydrogen) atoms. The van der Waals surface area contributed by atoms with Crippen LogP contribution in [0.1, 0.15) is 13.3 Å². The number of carbonyl (C=O) groups excluding carboxylic acids is 2. The van der Waals surface area contributed by atoms with Crippen molar-refractivity contribution in [1.82, 2.24) is 5.32 Å². The minimum atomic E-state index is -2.10. The third-order valence-electron chi connectivity index (χ3n) is 2.41. The fourth-order valence-corrected chi connectivity index (χ4v) is 1.22. The van der Waals surface area contributed by atoms with Crippen LogP contribution in [0.2, 0.25) is 0 Å². The number of hydrogen-bond acceptors (Lipinski definition) is 7. The molecule has 1 amide bonds. The number of aliphatic hydroxyl groups excluding tert-OH is 4. The number of rotatable bonds is 8. The number of Topliss-reactive ketones (excluding diaryl/α,β-unsaturated/α-hetero) is 1. The SMILES string of the molecule is CCC(O)C(O)C(O)C(O)C(=O)C(=O)NCCN. The van der Waals surface area contributed by atoms with E-state index in [-0.39, 0.29) is 19.5 Å². The monoisotopic (exact) mass is 264 g/mol. The van der Waals surface area contributed by atoms with Gasteiger partial charge in [0.15, 0.2) is 6.10 Å². The Hall–Kier alpha value is -1.06. The molecule has 0 aromatic heterocycles. The van der Waals surface area contributed by atoms with Gasteiger partial charge in [-0.3, -0.25) is 9.59 Å². The highest BCUT2D eigenvalue weighted by Gasteiger charge is 2.36. The summed E-state index contributed by atoms with van der Waals surface area (Å²) in [5, 5.41) is 39.6. The lowest BCUT2D eigenvalue weighted by atomic mass is 9.98. The van der Waals surface area contributed by atoms with Gasteiger partial charge in [0.1, 0.15) is 12.2 Å². The summed E-state index contributed by atoms with van der Waals surface area (Å²) in [6.45, 7) is 1.71. The number of ketones is 1. The van der Waals surface area contributed by atoms with Gasteiger partial charge in [-0.25, -0.2) is 0 Å². The van der Waals surface area contributed by atoms with E-state index in [9.17, 15) is 30.0 Å². The average molecular weight is 264 g/mol. The summed E-state index contributed by atoms with van der Waals surface area (Å²) >= 11 is 0. The zero-order valence-electron chi connectivity index (χ0n) is 10.1. The molecular weight excluding hydrogens is 244 g/mol. The highest BCUT2D eigenvalue weighted by molar-refractivity contribution is 6.37. The van der Waals surface area contributed by atoms with E-state index in [4.69, 9.17) is 5.73 Å². The number of carbonyl (C=O) groups is 2. The summed E-state index contributed by atoms with van der Waals surface area (Å²) in [6, 6.07) is 0. The second kappa shape index (κ2) is 8.11. The molecule has 0 aromatic rings. The van der Waals surface area contributed by atoms with E-state index >= 15 is 0 Å². The van der Waals surface area contributed by atoms with E-state index in [2.05, 4.69) is 5.32 Å².